The van der Waals surface area contributed by atoms with Gasteiger partial charge in [-0.2, -0.15) is 0 Å². The molecular formula is C17H25N2O+. The van der Waals surface area contributed by atoms with E-state index in [0.29, 0.717) is 6.54 Å². The van der Waals surface area contributed by atoms with Gasteiger partial charge >= 0.3 is 0 Å². The van der Waals surface area contributed by atoms with Gasteiger partial charge in [-0.05, 0) is 44.2 Å². The van der Waals surface area contributed by atoms with Crippen molar-refractivity contribution in [3.63, 3.8) is 0 Å². The summed E-state index contributed by atoms with van der Waals surface area (Å²) in [6.45, 7) is 1.80. The van der Waals surface area contributed by atoms with Crippen LogP contribution in [-0.2, 0) is 4.79 Å². The lowest BCUT2D eigenvalue weighted by atomic mass is 9.78. The number of para-hydroxylation sites is 1. The van der Waals surface area contributed by atoms with Gasteiger partial charge in [0.15, 0.2) is 6.54 Å². The molecule has 0 aromatic heterocycles. The number of carbonyl (C=O) groups is 1. The standard InChI is InChI=1S/C17H24N2O/c20-17(18-15-9-2-1-3-10-15)13-19-12-6-8-14-7-4-5-11-16(14)19/h1-3,9-10,14,16H,4-8,11-13H2,(H,18,20)/p+1/t14-,16-/m0/s1. The van der Waals surface area contributed by atoms with Crippen LogP contribution in [0.25, 0.3) is 0 Å². The lowest BCUT2D eigenvalue weighted by Gasteiger charge is -2.40. The molecule has 2 N–H and O–H groups in total. The van der Waals surface area contributed by atoms with Gasteiger partial charge in [0, 0.05) is 11.6 Å². The van der Waals surface area contributed by atoms with Gasteiger partial charge in [-0.1, -0.05) is 24.6 Å². The zero-order valence-corrected chi connectivity index (χ0v) is 12.1. The smallest absolute Gasteiger partial charge is 0.279 e. The van der Waals surface area contributed by atoms with Gasteiger partial charge in [-0.3, -0.25) is 4.79 Å². The fourth-order valence-electron chi connectivity index (χ4n) is 4.02. The first kappa shape index (κ1) is 13.6. The summed E-state index contributed by atoms with van der Waals surface area (Å²) in [5.74, 6) is 1.04. The molecule has 0 spiro atoms. The van der Waals surface area contributed by atoms with Crippen molar-refractivity contribution in [3.8, 4) is 0 Å². The van der Waals surface area contributed by atoms with Crippen LogP contribution in [0.1, 0.15) is 38.5 Å². The van der Waals surface area contributed by atoms with E-state index in [-0.39, 0.29) is 5.91 Å². The minimum absolute atomic E-state index is 0.164. The van der Waals surface area contributed by atoms with Gasteiger partial charge in [0.2, 0.25) is 0 Å². The van der Waals surface area contributed by atoms with Crippen LogP contribution in [0.3, 0.4) is 0 Å². The number of hydrogen-bond acceptors (Lipinski definition) is 1. The van der Waals surface area contributed by atoms with E-state index in [1.165, 1.54) is 50.0 Å². The molecule has 1 saturated heterocycles. The molecule has 1 aliphatic carbocycles. The number of rotatable bonds is 3. The number of amides is 1. The van der Waals surface area contributed by atoms with Crippen molar-refractivity contribution in [3.05, 3.63) is 30.3 Å². The van der Waals surface area contributed by atoms with E-state index >= 15 is 0 Å². The number of likely N-dealkylation sites (tertiary alicyclic amines) is 1. The second kappa shape index (κ2) is 6.40. The monoisotopic (exact) mass is 273 g/mol. The van der Waals surface area contributed by atoms with Gasteiger partial charge in [-0.25, -0.2) is 0 Å². The van der Waals surface area contributed by atoms with Crippen LogP contribution in [0.15, 0.2) is 30.3 Å². The molecule has 3 rings (SSSR count). The average molecular weight is 273 g/mol. The number of quaternary nitrogens is 1. The topological polar surface area (TPSA) is 33.5 Å². The Labute approximate surface area is 121 Å². The first-order valence-electron chi connectivity index (χ1n) is 8.02. The van der Waals surface area contributed by atoms with Gasteiger partial charge in [0.05, 0.1) is 12.6 Å². The summed E-state index contributed by atoms with van der Waals surface area (Å²) in [5, 5.41) is 3.02. The molecule has 3 heteroatoms. The molecule has 108 valence electrons. The molecule has 2 aliphatic rings. The Hall–Kier alpha value is -1.35. The highest BCUT2D eigenvalue weighted by Gasteiger charge is 2.37. The zero-order valence-electron chi connectivity index (χ0n) is 12.1. The summed E-state index contributed by atoms with van der Waals surface area (Å²) in [6.07, 6.45) is 8.12. The molecule has 0 bridgehead atoms. The number of anilines is 1. The Kier molecular flexibility index (Phi) is 4.36. The molecule has 20 heavy (non-hydrogen) atoms. The summed E-state index contributed by atoms with van der Waals surface area (Å²) >= 11 is 0. The van der Waals surface area contributed by atoms with Crippen molar-refractivity contribution < 1.29 is 9.69 Å². The number of carbonyl (C=O) groups excluding carboxylic acids is 1. The highest BCUT2D eigenvalue weighted by Crippen LogP contribution is 2.28. The van der Waals surface area contributed by atoms with E-state index in [2.05, 4.69) is 5.32 Å². The molecule has 3 atom stereocenters. The van der Waals surface area contributed by atoms with Gasteiger partial charge < -0.3 is 10.2 Å². The highest BCUT2D eigenvalue weighted by molar-refractivity contribution is 5.91. The first-order valence-corrected chi connectivity index (χ1v) is 8.02. The lowest BCUT2D eigenvalue weighted by molar-refractivity contribution is -0.928. The first-order chi connectivity index (χ1) is 9.83. The number of piperidine rings is 1. The third-order valence-electron chi connectivity index (χ3n) is 4.95. The lowest BCUT2D eigenvalue weighted by Crippen LogP contribution is -3.18. The minimum atomic E-state index is 0.164. The van der Waals surface area contributed by atoms with Gasteiger partial charge in [0.1, 0.15) is 0 Å². The molecule has 2 fully saturated rings. The molecule has 3 nitrogen and oxygen atoms in total. The molecule has 1 saturated carbocycles. The second-order valence-electron chi connectivity index (χ2n) is 6.29. The Morgan fingerprint density at radius 3 is 2.70 bits per heavy atom. The van der Waals surface area contributed by atoms with Gasteiger partial charge in [0.25, 0.3) is 5.91 Å². The maximum Gasteiger partial charge on any atom is 0.279 e. The Morgan fingerprint density at radius 1 is 1.10 bits per heavy atom. The fourth-order valence-corrected chi connectivity index (χ4v) is 4.02. The summed E-state index contributed by atoms with van der Waals surface area (Å²) < 4.78 is 0. The maximum atomic E-state index is 12.2. The van der Waals surface area contributed by atoms with E-state index in [0.717, 1.165) is 17.6 Å². The molecule has 1 unspecified atom stereocenters. The van der Waals surface area contributed by atoms with E-state index in [9.17, 15) is 4.79 Å². The van der Waals surface area contributed by atoms with Crippen LogP contribution in [0.4, 0.5) is 5.69 Å². The Balaban J connectivity index is 1.57. The van der Waals surface area contributed by atoms with Crippen molar-refractivity contribution >= 4 is 11.6 Å². The van der Waals surface area contributed by atoms with Crippen molar-refractivity contribution in [2.75, 3.05) is 18.4 Å². The molecule has 1 amide bonds. The minimum Gasteiger partial charge on any atom is -0.324 e. The van der Waals surface area contributed by atoms with Crippen LogP contribution in [0.5, 0.6) is 0 Å². The predicted octanol–water partition coefficient (Wildman–Crippen LogP) is 1.86. The van der Waals surface area contributed by atoms with Crippen LogP contribution in [0.2, 0.25) is 0 Å². The van der Waals surface area contributed by atoms with E-state index in [1.54, 1.807) is 0 Å². The third-order valence-corrected chi connectivity index (χ3v) is 4.95. The van der Waals surface area contributed by atoms with E-state index in [1.807, 2.05) is 30.3 Å². The van der Waals surface area contributed by atoms with Crippen LogP contribution >= 0.6 is 0 Å². The van der Waals surface area contributed by atoms with Gasteiger partial charge in [-0.15, -0.1) is 0 Å². The summed E-state index contributed by atoms with van der Waals surface area (Å²) in [4.78, 5) is 13.7. The molecular weight excluding hydrogens is 248 g/mol. The quantitative estimate of drug-likeness (QED) is 0.866. The van der Waals surface area contributed by atoms with Crippen molar-refractivity contribution in [1.82, 2.24) is 0 Å². The maximum absolute atomic E-state index is 12.2. The highest BCUT2D eigenvalue weighted by atomic mass is 16.2. The molecule has 1 aromatic carbocycles. The zero-order chi connectivity index (χ0) is 13.8. The number of benzene rings is 1. The normalized spacial score (nSPS) is 29.5. The number of hydrogen-bond donors (Lipinski definition) is 2. The summed E-state index contributed by atoms with van der Waals surface area (Å²) in [6, 6.07) is 10.5. The van der Waals surface area contributed by atoms with Crippen LogP contribution in [0, 0.1) is 5.92 Å². The van der Waals surface area contributed by atoms with E-state index < -0.39 is 0 Å². The third kappa shape index (κ3) is 3.21. The number of nitrogens with one attached hydrogen (secondary N) is 2. The molecule has 0 radical (unpaired) electrons. The molecule has 1 aliphatic heterocycles. The van der Waals surface area contributed by atoms with Crippen LogP contribution < -0.4 is 10.2 Å². The Bertz CT molecular complexity index is 444. The molecule has 1 heterocycles. The second-order valence-corrected chi connectivity index (χ2v) is 6.29. The van der Waals surface area contributed by atoms with Crippen molar-refractivity contribution in [1.29, 1.82) is 0 Å². The predicted molar refractivity (Wildman–Crippen MR) is 80.7 cm³/mol. The molecule has 1 aromatic rings. The van der Waals surface area contributed by atoms with Crippen LogP contribution in [-0.4, -0.2) is 25.0 Å². The Morgan fingerprint density at radius 2 is 1.85 bits per heavy atom. The fraction of sp³-hybridized carbons (Fsp3) is 0.588. The largest absolute Gasteiger partial charge is 0.324 e. The van der Waals surface area contributed by atoms with Crippen molar-refractivity contribution in [2.45, 2.75) is 44.6 Å². The van der Waals surface area contributed by atoms with E-state index in [4.69, 9.17) is 0 Å². The average Bonchev–Trinajstić information content (AvgIpc) is 2.48. The SMILES string of the molecule is O=C(C[NH+]1CCC[C@@H]2CCCC[C@@H]21)Nc1ccccc1. The summed E-state index contributed by atoms with van der Waals surface area (Å²) in [5.41, 5.74) is 0.911. The van der Waals surface area contributed by atoms with Crippen molar-refractivity contribution in [2.24, 2.45) is 5.92 Å². The number of fused-ring (bicyclic) bond motifs is 1. The summed E-state index contributed by atoms with van der Waals surface area (Å²) in [7, 11) is 0.